The fraction of sp³-hybridized carbons (Fsp3) is 0.593. The van der Waals surface area contributed by atoms with E-state index >= 15 is 0 Å². The molecule has 4 rings (SSSR count). The van der Waals surface area contributed by atoms with E-state index < -0.39 is 6.03 Å². The third-order valence-electron chi connectivity index (χ3n) is 7.29. The second-order valence-electron chi connectivity index (χ2n) is 10.5. The van der Waals surface area contributed by atoms with E-state index in [9.17, 15) is 9.59 Å². The summed E-state index contributed by atoms with van der Waals surface area (Å²) in [6.45, 7) is 10.7. The summed E-state index contributed by atoms with van der Waals surface area (Å²) in [4.78, 5) is 30.3. The lowest BCUT2D eigenvalue weighted by Crippen LogP contribution is -2.47. The number of nitrogens with one attached hydrogen (secondary N) is 2. The highest BCUT2D eigenvalue weighted by molar-refractivity contribution is 6.02. The number of fused-ring (bicyclic) bond motifs is 1. The van der Waals surface area contributed by atoms with Crippen LogP contribution in [0, 0.1) is 25.7 Å². The Morgan fingerprint density at radius 3 is 2.59 bits per heavy atom. The Balaban J connectivity index is 1.57. The highest BCUT2D eigenvalue weighted by Gasteiger charge is 2.31. The molecule has 0 bridgehead atoms. The zero-order chi connectivity index (χ0) is 26.7. The first-order valence-corrected chi connectivity index (χ1v) is 13.0. The van der Waals surface area contributed by atoms with E-state index in [4.69, 9.17) is 14.0 Å². The van der Waals surface area contributed by atoms with Crippen LogP contribution in [0.2, 0.25) is 0 Å². The molecule has 0 saturated heterocycles. The monoisotopic (exact) mass is 513 g/mol. The fourth-order valence-corrected chi connectivity index (χ4v) is 4.75. The zero-order valence-corrected chi connectivity index (χ0v) is 22.7. The molecule has 2 aliphatic rings. The Morgan fingerprint density at radius 1 is 1.19 bits per heavy atom. The minimum absolute atomic E-state index is 0.103. The number of anilines is 2. The maximum Gasteiger partial charge on any atom is 0.323 e. The van der Waals surface area contributed by atoms with Crippen molar-refractivity contribution in [3.05, 3.63) is 35.2 Å². The van der Waals surface area contributed by atoms with E-state index in [2.05, 4.69) is 34.5 Å². The molecule has 10 nitrogen and oxygen atoms in total. The summed E-state index contributed by atoms with van der Waals surface area (Å²) < 4.78 is 17.2. The van der Waals surface area contributed by atoms with Crippen LogP contribution in [0.4, 0.5) is 16.2 Å². The normalized spacial score (nSPS) is 23.5. The number of rotatable bonds is 5. The largest absolute Gasteiger partial charge is 0.491 e. The summed E-state index contributed by atoms with van der Waals surface area (Å²) in [6, 6.07) is 4.86. The number of likely N-dealkylation sites (N-methyl/N-ethyl adjacent to an activating group) is 1. The molecule has 3 atom stereocenters. The molecule has 0 unspecified atom stereocenters. The van der Waals surface area contributed by atoms with E-state index in [1.54, 1.807) is 51.1 Å². The second-order valence-corrected chi connectivity index (χ2v) is 10.5. The van der Waals surface area contributed by atoms with Crippen molar-refractivity contribution in [1.29, 1.82) is 0 Å². The molecular formula is C27H39N5O5. The summed E-state index contributed by atoms with van der Waals surface area (Å²) in [5.74, 6) is 1.81. The molecule has 10 heteroatoms. The Kier molecular flexibility index (Phi) is 8.39. The van der Waals surface area contributed by atoms with Crippen LogP contribution < -0.4 is 15.4 Å². The highest BCUT2D eigenvalue weighted by atomic mass is 16.5. The molecule has 2 N–H and O–H groups in total. The van der Waals surface area contributed by atoms with Gasteiger partial charge < -0.3 is 29.5 Å². The van der Waals surface area contributed by atoms with Gasteiger partial charge in [0.15, 0.2) is 5.76 Å². The molecule has 2 aromatic rings. The number of hydrogen-bond acceptors (Lipinski definition) is 7. The van der Waals surface area contributed by atoms with Gasteiger partial charge in [-0.05, 0) is 63.6 Å². The number of carbonyl (C=O) groups excluding carboxylic acids is 2. The number of aryl methyl sites for hydroxylation is 2. The van der Waals surface area contributed by atoms with E-state index in [0.717, 1.165) is 19.0 Å². The number of hydrogen-bond donors (Lipinski definition) is 2. The highest BCUT2D eigenvalue weighted by Crippen LogP contribution is 2.32. The second kappa shape index (κ2) is 11.5. The lowest BCUT2D eigenvalue weighted by molar-refractivity contribution is 0.00994. The Morgan fingerprint density at radius 2 is 1.95 bits per heavy atom. The lowest BCUT2D eigenvalue weighted by atomic mass is 10.0. The van der Waals surface area contributed by atoms with Gasteiger partial charge in [0, 0.05) is 45.5 Å². The number of benzene rings is 1. The van der Waals surface area contributed by atoms with E-state index in [1.807, 2.05) is 0 Å². The molecule has 202 valence electrons. The third kappa shape index (κ3) is 6.61. The van der Waals surface area contributed by atoms with Crippen LogP contribution in [0.25, 0.3) is 0 Å². The average molecular weight is 514 g/mol. The maximum atomic E-state index is 13.5. The molecule has 1 aromatic carbocycles. The predicted molar refractivity (Wildman–Crippen MR) is 141 cm³/mol. The van der Waals surface area contributed by atoms with Gasteiger partial charge in [-0.25, -0.2) is 4.79 Å². The van der Waals surface area contributed by atoms with Crippen molar-refractivity contribution in [2.45, 2.75) is 52.7 Å². The first-order valence-electron chi connectivity index (χ1n) is 13.0. The molecule has 2 heterocycles. The van der Waals surface area contributed by atoms with E-state index in [-0.39, 0.29) is 24.0 Å². The predicted octanol–water partition coefficient (Wildman–Crippen LogP) is 4.15. The molecule has 1 fully saturated rings. The number of carbonyl (C=O) groups is 2. The molecule has 37 heavy (non-hydrogen) atoms. The van der Waals surface area contributed by atoms with Gasteiger partial charge in [0.2, 0.25) is 0 Å². The van der Waals surface area contributed by atoms with Crippen LogP contribution in [-0.4, -0.2) is 79.4 Å². The van der Waals surface area contributed by atoms with Crippen LogP contribution in [0.5, 0.6) is 5.75 Å². The molecular weight excluding hydrogens is 474 g/mol. The number of nitrogens with zero attached hydrogens (tertiary/aromatic N) is 3. The van der Waals surface area contributed by atoms with Gasteiger partial charge in [-0.2, -0.15) is 0 Å². The van der Waals surface area contributed by atoms with Gasteiger partial charge in [-0.1, -0.05) is 12.1 Å². The molecule has 0 spiro atoms. The summed E-state index contributed by atoms with van der Waals surface area (Å²) in [6.07, 6.45) is 2.46. The molecule has 1 aliphatic heterocycles. The lowest BCUT2D eigenvalue weighted by Gasteiger charge is -2.36. The third-order valence-corrected chi connectivity index (χ3v) is 7.29. The van der Waals surface area contributed by atoms with Crippen LogP contribution in [0.15, 0.2) is 22.7 Å². The molecule has 3 amide bonds. The van der Waals surface area contributed by atoms with Crippen molar-refractivity contribution in [1.82, 2.24) is 15.0 Å². The minimum atomic E-state index is -0.457. The van der Waals surface area contributed by atoms with E-state index in [1.165, 1.54) is 12.8 Å². The Labute approximate surface area is 218 Å². The first kappa shape index (κ1) is 26.9. The van der Waals surface area contributed by atoms with Gasteiger partial charge >= 0.3 is 6.03 Å². The average Bonchev–Trinajstić information content (AvgIpc) is 3.64. The summed E-state index contributed by atoms with van der Waals surface area (Å²) >= 11 is 0. The van der Waals surface area contributed by atoms with E-state index in [0.29, 0.717) is 47.3 Å². The molecule has 1 aromatic heterocycles. The standard InChI is InChI=1S/C27H39N5O5/c1-16-12-32(13-20-7-8-20)17(2)15-36-23-10-9-21(11-22(23)26(33)31(5)14-24(16)35-6)28-27(34)29-25-18(3)30-37-19(25)4/h9-11,16-17,20,24H,7-8,12-15H2,1-6H3,(H2,28,29,34)/t16-,17+,24-/m0/s1. The van der Waals surface area contributed by atoms with Crippen LogP contribution in [0.3, 0.4) is 0 Å². The van der Waals surface area contributed by atoms with Crippen molar-refractivity contribution in [2.24, 2.45) is 11.8 Å². The number of urea groups is 1. The Bertz CT molecular complexity index is 1100. The molecule has 1 saturated carbocycles. The van der Waals surface area contributed by atoms with Crippen LogP contribution in [-0.2, 0) is 4.74 Å². The van der Waals surface area contributed by atoms with Crippen molar-refractivity contribution in [2.75, 3.05) is 51.0 Å². The van der Waals surface area contributed by atoms with Gasteiger partial charge in [0.25, 0.3) is 5.91 Å². The Hall–Kier alpha value is -3.11. The van der Waals surface area contributed by atoms with Gasteiger partial charge in [0.05, 0.1) is 11.7 Å². The summed E-state index contributed by atoms with van der Waals surface area (Å²) in [5, 5.41) is 9.41. The topological polar surface area (TPSA) is 109 Å². The summed E-state index contributed by atoms with van der Waals surface area (Å²) in [7, 11) is 3.47. The first-order chi connectivity index (χ1) is 17.7. The number of aromatic nitrogens is 1. The number of methoxy groups -OCH3 is 1. The van der Waals surface area contributed by atoms with Crippen molar-refractivity contribution in [3.8, 4) is 5.75 Å². The quantitative estimate of drug-likeness (QED) is 0.618. The number of ether oxygens (including phenoxy) is 2. The smallest absolute Gasteiger partial charge is 0.323 e. The van der Waals surface area contributed by atoms with Gasteiger partial charge in [0.1, 0.15) is 23.7 Å². The van der Waals surface area contributed by atoms with Gasteiger partial charge in [-0.15, -0.1) is 0 Å². The number of amides is 3. The van der Waals surface area contributed by atoms with Crippen LogP contribution >= 0.6 is 0 Å². The minimum Gasteiger partial charge on any atom is -0.491 e. The van der Waals surface area contributed by atoms with Crippen molar-refractivity contribution < 1.29 is 23.6 Å². The fourth-order valence-electron chi connectivity index (χ4n) is 4.75. The molecule has 1 aliphatic carbocycles. The zero-order valence-electron chi connectivity index (χ0n) is 22.7. The van der Waals surface area contributed by atoms with Crippen molar-refractivity contribution in [3.63, 3.8) is 0 Å². The maximum absolute atomic E-state index is 13.5. The van der Waals surface area contributed by atoms with Crippen molar-refractivity contribution >= 4 is 23.3 Å². The van der Waals surface area contributed by atoms with Crippen LogP contribution in [0.1, 0.15) is 48.5 Å². The molecule has 0 radical (unpaired) electrons. The van der Waals surface area contributed by atoms with Gasteiger partial charge in [-0.3, -0.25) is 9.69 Å². The summed E-state index contributed by atoms with van der Waals surface area (Å²) in [5.41, 5.74) is 1.97. The SMILES string of the molecule is CO[C@H]1CN(C)C(=O)c2cc(NC(=O)Nc3c(C)noc3C)ccc2OC[C@@H](C)N(CC2CC2)C[C@@H]1C.